The Hall–Kier alpha value is -4.25. The second kappa shape index (κ2) is 9.19. The molecule has 39 heavy (non-hydrogen) atoms. The SMILES string of the molecule is CN1Cc2c(cnn2C2CCOCC2)-c2cc(F)cc(Nc3cc(NC(=O)C4CC4)nc4cc[nH]c(=O)c34)c21. The Kier molecular flexibility index (Phi) is 5.62. The number of hydrogen-bond acceptors (Lipinski definition) is 7. The van der Waals surface area contributed by atoms with E-state index in [1.165, 1.54) is 18.3 Å². The van der Waals surface area contributed by atoms with Gasteiger partial charge in [0, 0.05) is 49.6 Å². The Morgan fingerprint density at radius 3 is 2.74 bits per heavy atom. The van der Waals surface area contributed by atoms with Gasteiger partial charge in [0.05, 0.1) is 52.4 Å². The Morgan fingerprint density at radius 1 is 1.13 bits per heavy atom. The van der Waals surface area contributed by atoms with Crippen LogP contribution in [0.5, 0.6) is 0 Å². The summed E-state index contributed by atoms with van der Waals surface area (Å²) >= 11 is 0. The first kappa shape index (κ1) is 23.8. The summed E-state index contributed by atoms with van der Waals surface area (Å²) in [6.45, 7) is 2.01. The van der Waals surface area contributed by atoms with Crippen LogP contribution in [0.1, 0.15) is 37.4 Å². The zero-order valence-corrected chi connectivity index (χ0v) is 21.5. The van der Waals surface area contributed by atoms with Crippen molar-refractivity contribution in [1.82, 2.24) is 19.7 Å². The second-order valence-electron chi connectivity index (χ2n) is 10.5. The summed E-state index contributed by atoms with van der Waals surface area (Å²) in [4.78, 5) is 34.5. The third-order valence-electron chi connectivity index (χ3n) is 7.77. The monoisotopic (exact) mass is 529 g/mol. The van der Waals surface area contributed by atoms with Crippen LogP contribution in [-0.2, 0) is 16.1 Å². The molecule has 0 bridgehead atoms. The van der Waals surface area contributed by atoms with Crippen molar-refractivity contribution in [2.75, 3.05) is 35.8 Å². The number of rotatable bonds is 5. The number of pyridine rings is 2. The van der Waals surface area contributed by atoms with Crippen LogP contribution in [0.3, 0.4) is 0 Å². The number of anilines is 4. The van der Waals surface area contributed by atoms with Gasteiger partial charge in [0.15, 0.2) is 0 Å². The number of nitrogens with one attached hydrogen (secondary N) is 3. The van der Waals surface area contributed by atoms with Crippen LogP contribution in [0.25, 0.3) is 22.0 Å². The molecule has 7 rings (SSSR count). The molecule has 11 heteroatoms. The van der Waals surface area contributed by atoms with Gasteiger partial charge in [-0.05, 0) is 43.9 Å². The lowest BCUT2D eigenvalue weighted by atomic mass is 9.97. The number of halogens is 1. The first-order valence-corrected chi connectivity index (χ1v) is 13.3. The Morgan fingerprint density at radius 2 is 1.95 bits per heavy atom. The molecule has 1 aromatic carbocycles. The van der Waals surface area contributed by atoms with Gasteiger partial charge in [-0.25, -0.2) is 9.37 Å². The number of carbonyl (C=O) groups is 1. The van der Waals surface area contributed by atoms with Gasteiger partial charge in [0.1, 0.15) is 11.6 Å². The Labute approximate surface area is 223 Å². The van der Waals surface area contributed by atoms with Crippen molar-refractivity contribution >= 4 is 39.7 Å². The predicted octanol–water partition coefficient (Wildman–Crippen LogP) is 4.32. The lowest BCUT2D eigenvalue weighted by molar-refractivity contribution is -0.117. The highest BCUT2D eigenvalue weighted by atomic mass is 19.1. The van der Waals surface area contributed by atoms with Crippen molar-refractivity contribution in [3.8, 4) is 11.1 Å². The summed E-state index contributed by atoms with van der Waals surface area (Å²) in [5.74, 6) is -0.162. The zero-order valence-electron chi connectivity index (χ0n) is 21.5. The van der Waals surface area contributed by atoms with Gasteiger partial charge in [-0.2, -0.15) is 5.10 Å². The molecule has 1 saturated heterocycles. The van der Waals surface area contributed by atoms with Gasteiger partial charge in [0.2, 0.25) is 5.91 Å². The van der Waals surface area contributed by atoms with E-state index in [1.807, 2.05) is 13.2 Å². The average molecular weight is 530 g/mol. The summed E-state index contributed by atoms with van der Waals surface area (Å²) in [5.41, 5.74) is 4.50. The number of amides is 1. The van der Waals surface area contributed by atoms with Crippen LogP contribution in [-0.4, -0.2) is 45.9 Å². The standard InChI is InChI=1S/C28H28FN7O3/c1-35-14-23-19(13-31-36(23)17-5-8-39-9-6-17)18-10-16(29)11-22(26(18)35)32-21-12-24(34-27(37)15-2-3-15)33-20-4-7-30-28(38)25(20)21/h4,7,10-13,15,17H,2-3,5-6,8-9,14H2,1H3,(H,30,38)(H2,32,33,34,37). The van der Waals surface area contributed by atoms with Gasteiger partial charge in [-0.1, -0.05) is 0 Å². The summed E-state index contributed by atoms with van der Waals surface area (Å²) in [5, 5.41) is 11.2. The molecule has 4 aromatic rings. The summed E-state index contributed by atoms with van der Waals surface area (Å²) in [7, 11) is 1.96. The number of H-pyrrole nitrogens is 1. The quantitative estimate of drug-likeness (QED) is 0.353. The highest BCUT2D eigenvalue weighted by Gasteiger charge is 2.31. The van der Waals surface area contributed by atoms with Gasteiger partial charge in [0.25, 0.3) is 5.56 Å². The number of aromatic nitrogens is 4. The van der Waals surface area contributed by atoms with E-state index in [9.17, 15) is 9.59 Å². The van der Waals surface area contributed by atoms with Crippen LogP contribution < -0.4 is 21.1 Å². The average Bonchev–Trinajstić information content (AvgIpc) is 3.69. The summed E-state index contributed by atoms with van der Waals surface area (Å²) < 4.78 is 22.7. The highest BCUT2D eigenvalue weighted by Crippen LogP contribution is 2.45. The Balaban J connectivity index is 1.32. The molecule has 2 fully saturated rings. The van der Waals surface area contributed by atoms with Gasteiger partial charge in [-0.3, -0.25) is 14.3 Å². The number of ether oxygens (including phenoxy) is 1. The summed E-state index contributed by atoms with van der Waals surface area (Å²) in [6.07, 6.45) is 6.84. The number of nitrogens with zero attached hydrogens (tertiary/aromatic N) is 4. The molecule has 1 aliphatic carbocycles. The highest BCUT2D eigenvalue weighted by molar-refractivity contribution is 6.00. The maximum atomic E-state index is 15.1. The van der Waals surface area contributed by atoms with E-state index in [0.29, 0.717) is 47.9 Å². The largest absolute Gasteiger partial charge is 0.381 e. The molecule has 0 unspecified atom stereocenters. The minimum Gasteiger partial charge on any atom is -0.381 e. The van der Waals surface area contributed by atoms with E-state index in [-0.39, 0.29) is 23.4 Å². The van der Waals surface area contributed by atoms with E-state index in [0.717, 1.165) is 48.2 Å². The normalized spacial score (nSPS) is 17.1. The van der Waals surface area contributed by atoms with Crippen molar-refractivity contribution in [3.05, 3.63) is 58.5 Å². The van der Waals surface area contributed by atoms with Crippen LogP contribution in [0.4, 0.5) is 27.3 Å². The molecular weight excluding hydrogens is 501 g/mol. The molecule has 2 aliphatic heterocycles. The lowest BCUT2D eigenvalue weighted by Crippen LogP contribution is -2.28. The maximum absolute atomic E-state index is 15.1. The van der Waals surface area contributed by atoms with E-state index in [4.69, 9.17) is 9.84 Å². The van der Waals surface area contributed by atoms with E-state index in [1.54, 1.807) is 12.1 Å². The number of benzene rings is 1. The molecule has 1 saturated carbocycles. The molecule has 0 atom stereocenters. The van der Waals surface area contributed by atoms with Gasteiger partial charge >= 0.3 is 0 Å². The molecular formula is C28H28FN7O3. The maximum Gasteiger partial charge on any atom is 0.259 e. The van der Waals surface area contributed by atoms with Crippen molar-refractivity contribution in [3.63, 3.8) is 0 Å². The van der Waals surface area contributed by atoms with Crippen LogP contribution >= 0.6 is 0 Å². The third kappa shape index (κ3) is 4.22. The van der Waals surface area contributed by atoms with Gasteiger partial charge < -0.3 is 25.3 Å². The molecule has 1 amide bonds. The smallest absolute Gasteiger partial charge is 0.259 e. The lowest BCUT2D eigenvalue weighted by Gasteiger charge is -2.32. The molecule has 0 radical (unpaired) electrons. The van der Waals surface area contributed by atoms with E-state index < -0.39 is 5.82 Å². The zero-order chi connectivity index (χ0) is 26.7. The van der Waals surface area contributed by atoms with Crippen molar-refractivity contribution in [1.29, 1.82) is 0 Å². The topological polar surface area (TPSA) is 117 Å². The predicted molar refractivity (Wildman–Crippen MR) is 146 cm³/mol. The fraction of sp³-hybridized carbons (Fsp3) is 0.357. The van der Waals surface area contributed by atoms with Crippen LogP contribution in [0.15, 0.2) is 41.5 Å². The third-order valence-corrected chi connectivity index (χ3v) is 7.77. The molecule has 10 nitrogen and oxygen atoms in total. The van der Waals surface area contributed by atoms with E-state index >= 15 is 4.39 Å². The molecule has 3 aromatic heterocycles. The van der Waals surface area contributed by atoms with Gasteiger partial charge in [-0.15, -0.1) is 0 Å². The first-order chi connectivity index (χ1) is 19.0. The fourth-order valence-corrected chi connectivity index (χ4v) is 5.70. The molecule has 0 spiro atoms. The van der Waals surface area contributed by atoms with Crippen LogP contribution in [0, 0.1) is 11.7 Å². The van der Waals surface area contributed by atoms with Crippen molar-refractivity contribution in [2.24, 2.45) is 5.92 Å². The minimum atomic E-state index is -0.411. The fourth-order valence-electron chi connectivity index (χ4n) is 5.70. The minimum absolute atomic E-state index is 0.00165. The molecule has 3 N–H and O–H groups in total. The second-order valence-corrected chi connectivity index (χ2v) is 10.5. The summed E-state index contributed by atoms with van der Waals surface area (Å²) in [6, 6.07) is 6.52. The number of fused-ring (bicyclic) bond motifs is 4. The first-order valence-electron chi connectivity index (χ1n) is 13.3. The van der Waals surface area contributed by atoms with E-state index in [2.05, 4.69) is 30.2 Å². The number of aromatic amines is 1. The number of carbonyl (C=O) groups excluding carboxylic acids is 1. The molecule has 3 aliphatic rings. The van der Waals surface area contributed by atoms with Crippen LogP contribution in [0.2, 0.25) is 0 Å². The van der Waals surface area contributed by atoms with Crippen molar-refractivity contribution < 1.29 is 13.9 Å². The Bertz CT molecular complexity index is 1670. The molecule has 200 valence electrons. The number of hydrogen-bond donors (Lipinski definition) is 3. The van der Waals surface area contributed by atoms with Crippen molar-refractivity contribution in [2.45, 2.75) is 38.3 Å². The molecule has 5 heterocycles.